The zero-order chi connectivity index (χ0) is 57.8. The molecular formula is C76H83N3O3. The molecular weight excluding hydrogens is 1000 g/mol. The van der Waals surface area contributed by atoms with Crippen LogP contribution in [0.4, 0.5) is 0 Å². The fourth-order valence-corrected chi connectivity index (χ4v) is 11.3. The van der Waals surface area contributed by atoms with Crippen LogP contribution in [0.25, 0.3) is 16.7 Å². The minimum atomic E-state index is 0.109. The molecule has 0 aliphatic carbocycles. The minimum absolute atomic E-state index is 0.109. The molecule has 7 aromatic carbocycles. The van der Waals surface area contributed by atoms with Crippen molar-refractivity contribution in [1.29, 1.82) is 0 Å². The molecule has 3 aliphatic rings. The number of likely N-dealkylation sites (tertiary alicyclic amines) is 3. The average Bonchev–Trinajstić information content (AvgIpc) is 3.71. The highest BCUT2D eigenvalue weighted by Crippen LogP contribution is 2.36. The van der Waals surface area contributed by atoms with Crippen LogP contribution in [-0.4, -0.2) is 84.4 Å². The maximum Gasteiger partial charge on any atom is 0.159 e. The fourth-order valence-electron chi connectivity index (χ4n) is 11.3. The Hall–Kier alpha value is -7.87. The van der Waals surface area contributed by atoms with Gasteiger partial charge in [0.25, 0.3) is 0 Å². The van der Waals surface area contributed by atoms with Gasteiger partial charge in [0.05, 0.1) is 0 Å². The van der Waals surface area contributed by atoms with Crippen LogP contribution in [-0.2, 0) is 6.54 Å². The summed E-state index contributed by atoms with van der Waals surface area (Å²) >= 11 is 0. The molecule has 0 radical (unpaired) electrons. The molecule has 6 nitrogen and oxygen atoms in total. The Morgan fingerprint density at radius 3 is 0.963 bits per heavy atom. The lowest BCUT2D eigenvalue weighted by Crippen LogP contribution is -2.31. The lowest BCUT2D eigenvalue weighted by molar-refractivity contribution is 0.100. The second kappa shape index (κ2) is 30.3. The number of benzene rings is 7. The topological polar surface area (TPSA) is 60.9 Å². The van der Waals surface area contributed by atoms with Crippen molar-refractivity contribution < 1.29 is 14.4 Å². The number of aryl methyl sites for hydroxylation is 1. The molecule has 6 heteroatoms. The van der Waals surface area contributed by atoms with E-state index in [1.807, 2.05) is 42.5 Å². The first-order valence-electron chi connectivity index (χ1n) is 29.5. The van der Waals surface area contributed by atoms with Crippen molar-refractivity contribution in [1.82, 2.24) is 14.7 Å². The summed E-state index contributed by atoms with van der Waals surface area (Å²) < 4.78 is 0. The minimum Gasteiger partial charge on any atom is -0.299 e. The maximum atomic E-state index is 11.7. The van der Waals surface area contributed by atoms with Gasteiger partial charge in [-0.25, -0.2) is 0 Å². The second-order valence-electron chi connectivity index (χ2n) is 22.4. The van der Waals surface area contributed by atoms with Crippen molar-refractivity contribution in [3.8, 4) is 0 Å². The third-order valence-electron chi connectivity index (χ3n) is 16.0. The molecule has 0 amide bonds. The van der Waals surface area contributed by atoms with Crippen molar-refractivity contribution in [2.75, 3.05) is 52.4 Å². The van der Waals surface area contributed by atoms with Crippen LogP contribution in [0.1, 0.15) is 149 Å². The highest BCUT2D eigenvalue weighted by Gasteiger charge is 2.22. The van der Waals surface area contributed by atoms with Gasteiger partial charge in [-0.15, -0.1) is 6.58 Å². The van der Waals surface area contributed by atoms with E-state index in [9.17, 15) is 14.4 Å². The van der Waals surface area contributed by atoms with E-state index in [-0.39, 0.29) is 17.3 Å². The van der Waals surface area contributed by atoms with Crippen molar-refractivity contribution in [2.45, 2.75) is 86.6 Å². The van der Waals surface area contributed by atoms with Gasteiger partial charge in [0.2, 0.25) is 0 Å². The van der Waals surface area contributed by atoms with Crippen LogP contribution in [0.2, 0.25) is 0 Å². The summed E-state index contributed by atoms with van der Waals surface area (Å²) in [6.45, 7) is 24.7. The van der Waals surface area contributed by atoms with E-state index >= 15 is 0 Å². The Labute approximate surface area is 489 Å². The number of piperidine rings is 3. The molecule has 10 rings (SSSR count). The Bertz CT molecular complexity index is 3330. The van der Waals surface area contributed by atoms with Gasteiger partial charge in [0.1, 0.15) is 0 Å². The van der Waals surface area contributed by atoms with E-state index in [0.717, 1.165) is 114 Å². The predicted molar refractivity (Wildman–Crippen MR) is 343 cm³/mol. The number of allylic oxidation sites excluding steroid dienone is 1. The number of hydrogen-bond acceptors (Lipinski definition) is 6. The molecule has 3 aliphatic heterocycles. The summed E-state index contributed by atoms with van der Waals surface area (Å²) in [6, 6.07) is 65.1. The number of nitrogens with zero attached hydrogens (tertiary/aromatic N) is 3. The Kier molecular flexibility index (Phi) is 22.2. The summed E-state index contributed by atoms with van der Waals surface area (Å²) in [5.74, 6) is 0.335. The lowest BCUT2D eigenvalue weighted by atomic mass is 9.87. The van der Waals surface area contributed by atoms with E-state index in [4.69, 9.17) is 0 Å². The summed E-state index contributed by atoms with van der Waals surface area (Å²) in [5, 5.41) is 0. The van der Waals surface area contributed by atoms with Gasteiger partial charge >= 0.3 is 0 Å². The van der Waals surface area contributed by atoms with Gasteiger partial charge in [-0.3, -0.25) is 29.1 Å². The molecule has 3 heterocycles. The SMILES string of the molecule is C=CCN1CCC(=C(c2ccccc2)c2ccc(C(C)=O)cc2)CC1.CC(=O)c1ccc(C(=C2CCN(CC=C(C)C)CC2)c2ccccc2)cc1.CC(=O)c1ccc(C(=C2CCN(Cc3ccccc3)CC2)c2ccc(C)cc2)cc1. The quantitative estimate of drug-likeness (QED) is 0.0753. The van der Waals surface area contributed by atoms with E-state index in [1.54, 1.807) is 20.8 Å². The summed E-state index contributed by atoms with van der Waals surface area (Å²) in [5.41, 5.74) is 22.3. The molecule has 3 fully saturated rings. The third-order valence-corrected chi connectivity index (χ3v) is 16.0. The lowest BCUT2D eigenvalue weighted by Gasteiger charge is -2.30. The number of carbonyl (C=O) groups excluding carboxylic acids is 3. The number of Topliss-reactive ketones (excluding diaryl/α,β-unsaturated/α-hetero) is 3. The fraction of sp³-hybridized carbons (Fsp3) is 0.276. The van der Waals surface area contributed by atoms with Crippen LogP contribution < -0.4 is 0 Å². The number of ketones is 3. The predicted octanol–water partition coefficient (Wildman–Crippen LogP) is 17.0. The largest absolute Gasteiger partial charge is 0.299 e. The molecule has 0 N–H and O–H groups in total. The Morgan fingerprint density at radius 2 is 0.646 bits per heavy atom. The normalized spacial score (nSPS) is 14.7. The van der Waals surface area contributed by atoms with Gasteiger partial charge in [0.15, 0.2) is 17.3 Å². The van der Waals surface area contributed by atoms with Crippen molar-refractivity contribution in [3.63, 3.8) is 0 Å². The van der Waals surface area contributed by atoms with Crippen LogP contribution >= 0.6 is 0 Å². The summed E-state index contributed by atoms with van der Waals surface area (Å²) in [4.78, 5) is 42.4. The van der Waals surface area contributed by atoms with Crippen molar-refractivity contribution >= 4 is 34.1 Å². The van der Waals surface area contributed by atoms with Gasteiger partial charge in [-0.1, -0.05) is 228 Å². The van der Waals surface area contributed by atoms with Gasteiger partial charge in [-0.05, 0) is 136 Å². The Morgan fingerprint density at radius 1 is 0.366 bits per heavy atom. The van der Waals surface area contributed by atoms with Crippen molar-refractivity contribution in [2.24, 2.45) is 0 Å². The molecule has 0 bridgehead atoms. The van der Waals surface area contributed by atoms with Gasteiger partial charge in [-0.2, -0.15) is 0 Å². The number of carbonyl (C=O) groups is 3. The van der Waals surface area contributed by atoms with E-state index < -0.39 is 0 Å². The zero-order valence-electron chi connectivity index (χ0n) is 49.4. The molecule has 0 atom stereocenters. The Balaban J connectivity index is 0.000000162. The average molecular weight is 1090 g/mol. The summed E-state index contributed by atoms with van der Waals surface area (Å²) in [7, 11) is 0. The first-order chi connectivity index (χ1) is 39.8. The van der Waals surface area contributed by atoms with E-state index in [0.29, 0.717) is 0 Å². The van der Waals surface area contributed by atoms with Crippen LogP contribution in [0.3, 0.4) is 0 Å². The van der Waals surface area contributed by atoms with Gasteiger partial charge in [0, 0.05) is 75.6 Å². The molecule has 0 unspecified atom stereocenters. The summed E-state index contributed by atoms with van der Waals surface area (Å²) in [6.07, 6.45) is 10.8. The molecule has 0 aromatic heterocycles. The monoisotopic (exact) mass is 1090 g/mol. The van der Waals surface area contributed by atoms with Gasteiger partial charge < -0.3 is 0 Å². The van der Waals surface area contributed by atoms with Crippen LogP contribution in [0.15, 0.2) is 229 Å². The number of rotatable bonds is 15. The van der Waals surface area contributed by atoms with Crippen LogP contribution in [0.5, 0.6) is 0 Å². The van der Waals surface area contributed by atoms with E-state index in [1.165, 1.54) is 83.5 Å². The first-order valence-corrected chi connectivity index (χ1v) is 29.5. The van der Waals surface area contributed by atoms with Crippen molar-refractivity contribution in [3.05, 3.63) is 290 Å². The zero-order valence-corrected chi connectivity index (χ0v) is 49.4. The van der Waals surface area contributed by atoms with Crippen LogP contribution in [0, 0.1) is 6.92 Å². The molecule has 7 aromatic rings. The highest BCUT2D eigenvalue weighted by molar-refractivity contribution is 5.96. The standard InChI is InChI=1S/C28H29NO.C25H29NO.C23H25NO/c1-21-8-10-25(11-9-21)28(26-14-12-24(13-15-26)22(2)30)27-16-18-29(19-17-27)20-23-6-4-3-5-7-23;1-19(2)13-16-26-17-14-24(15-18-26)25(22-7-5-4-6-8-22)23-11-9-21(10-12-23)20(3)27;1-3-15-24-16-13-22(14-17-24)23(20-7-5-4-6-8-20)21-11-9-19(10-12-21)18(2)25/h3-15H,16-20H2,1-2H3;4-13H,14-18H2,1-3H3;3-12H,1,13-17H2,2H3. The molecule has 0 spiro atoms. The number of hydrogen-bond donors (Lipinski definition) is 0. The smallest absolute Gasteiger partial charge is 0.159 e. The second-order valence-corrected chi connectivity index (χ2v) is 22.4. The highest BCUT2D eigenvalue weighted by atomic mass is 16.1. The van der Waals surface area contributed by atoms with E-state index in [2.05, 4.69) is 200 Å². The third kappa shape index (κ3) is 17.1. The molecule has 82 heavy (non-hydrogen) atoms. The molecule has 3 saturated heterocycles. The molecule has 420 valence electrons. The first kappa shape index (κ1) is 60.2. The molecule has 0 saturated carbocycles. The maximum absolute atomic E-state index is 11.7.